The Kier molecular flexibility index (Phi) is 8.70. The van der Waals surface area contributed by atoms with Gasteiger partial charge in [0, 0.05) is 29.2 Å². The monoisotopic (exact) mass is 728 g/mol. The van der Waals surface area contributed by atoms with Crippen molar-refractivity contribution in [1.29, 1.82) is 0 Å². The topological polar surface area (TPSA) is 24.4 Å². The van der Waals surface area contributed by atoms with Crippen molar-refractivity contribution in [3.8, 4) is 11.1 Å². The molecule has 278 valence electrons. The van der Waals surface area contributed by atoms with E-state index in [4.69, 9.17) is 4.99 Å². The molecule has 7 atom stereocenters. The minimum Gasteiger partial charge on any atom is -0.360 e. The zero-order chi connectivity index (χ0) is 38.0. The maximum Gasteiger partial charge on any atom is 0.145 e. The van der Waals surface area contributed by atoms with Crippen LogP contribution in [0.1, 0.15) is 121 Å². The van der Waals surface area contributed by atoms with Crippen LogP contribution in [0.25, 0.3) is 16.8 Å². The Hall–Kier alpha value is -5.47. The lowest BCUT2D eigenvalue weighted by Crippen LogP contribution is -2.27. The molecule has 2 heteroatoms. The molecule has 5 aliphatic carbocycles. The number of hydrogen-bond acceptors (Lipinski definition) is 2. The first kappa shape index (κ1) is 35.0. The molecule has 7 unspecified atom stereocenters. The number of allylic oxidation sites excluding steroid dienone is 6. The number of rotatable bonds is 8. The molecule has 5 aromatic carbocycles. The maximum absolute atomic E-state index is 5.19. The van der Waals surface area contributed by atoms with Crippen LogP contribution in [0.15, 0.2) is 169 Å². The SMILES string of the molecule is C=C(NC(N=C(C)c1ccccc1)c1ccc(C2C=CC(C3=CC4C(C=C3)c3cc5c(cc3C4(C)C)-c3ccccc3C3CCC53)CC2)cc1)c1ccccc1. The zero-order valence-corrected chi connectivity index (χ0v) is 33.0. The molecule has 5 aliphatic rings. The standard InChI is InChI=1S/C54H52N2/c1-34(36-13-7-5-8-14-36)55-53(56-35(2)37-15-9-6-10-16-37)41-25-23-39(24-26-41)38-19-21-40(22-20-38)42-27-28-47-50-32-48-46-30-29-45(46)43-17-11-12-18-44(43)49(48)33-52(50)54(3,4)51(47)31-42/h5-19,21,23-28,31-33,38,40,45-47,51,53,55H,1,20,22,29-30H2,2-4H3. The van der Waals surface area contributed by atoms with E-state index in [-0.39, 0.29) is 11.6 Å². The highest BCUT2D eigenvalue weighted by molar-refractivity contribution is 5.98. The summed E-state index contributed by atoms with van der Waals surface area (Å²) in [6, 6.07) is 44.4. The Balaban J connectivity index is 0.869. The van der Waals surface area contributed by atoms with Crippen LogP contribution in [0.3, 0.4) is 0 Å². The quantitative estimate of drug-likeness (QED) is 0.125. The van der Waals surface area contributed by atoms with Crippen molar-refractivity contribution >= 4 is 11.4 Å². The lowest BCUT2D eigenvalue weighted by atomic mass is 9.60. The molecule has 0 saturated heterocycles. The van der Waals surface area contributed by atoms with Gasteiger partial charge in [0.2, 0.25) is 0 Å². The number of benzene rings is 5. The van der Waals surface area contributed by atoms with E-state index in [1.54, 1.807) is 22.3 Å². The van der Waals surface area contributed by atoms with Gasteiger partial charge in [0.1, 0.15) is 6.17 Å². The molecule has 0 amide bonds. The lowest BCUT2D eigenvalue weighted by Gasteiger charge is -2.44. The fourth-order valence-corrected chi connectivity index (χ4v) is 10.7. The Morgan fingerprint density at radius 2 is 1.34 bits per heavy atom. The molecule has 0 aliphatic heterocycles. The highest BCUT2D eigenvalue weighted by Crippen LogP contribution is 2.61. The Morgan fingerprint density at radius 1 is 0.679 bits per heavy atom. The van der Waals surface area contributed by atoms with Gasteiger partial charge >= 0.3 is 0 Å². The van der Waals surface area contributed by atoms with Gasteiger partial charge in [-0.3, -0.25) is 4.99 Å². The largest absolute Gasteiger partial charge is 0.360 e. The lowest BCUT2D eigenvalue weighted by molar-refractivity contribution is 0.343. The van der Waals surface area contributed by atoms with E-state index in [0.29, 0.717) is 35.5 Å². The van der Waals surface area contributed by atoms with Gasteiger partial charge in [0.25, 0.3) is 0 Å². The van der Waals surface area contributed by atoms with Crippen LogP contribution in [-0.4, -0.2) is 5.71 Å². The van der Waals surface area contributed by atoms with Gasteiger partial charge in [-0.1, -0.05) is 166 Å². The molecule has 1 saturated carbocycles. The van der Waals surface area contributed by atoms with Crippen LogP contribution >= 0.6 is 0 Å². The smallest absolute Gasteiger partial charge is 0.145 e. The fourth-order valence-electron chi connectivity index (χ4n) is 10.7. The molecule has 56 heavy (non-hydrogen) atoms. The van der Waals surface area contributed by atoms with E-state index < -0.39 is 0 Å². The summed E-state index contributed by atoms with van der Waals surface area (Å²) in [5.41, 5.74) is 17.5. The van der Waals surface area contributed by atoms with E-state index >= 15 is 0 Å². The normalized spacial score (nSPS) is 25.7. The van der Waals surface area contributed by atoms with Gasteiger partial charge in [-0.05, 0) is 123 Å². The molecule has 0 aromatic heterocycles. The van der Waals surface area contributed by atoms with E-state index in [1.807, 2.05) is 24.3 Å². The third kappa shape index (κ3) is 5.97. The second-order valence-electron chi connectivity index (χ2n) is 17.5. The van der Waals surface area contributed by atoms with Gasteiger partial charge < -0.3 is 5.32 Å². The van der Waals surface area contributed by atoms with Crippen LogP contribution in [0.4, 0.5) is 0 Å². The Labute approximate surface area is 333 Å². The molecule has 1 N–H and O–H groups in total. The first-order valence-corrected chi connectivity index (χ1v) is 20.9. The third-order valence-corrected chi connectivity index (χ3v) is 14.1. The second kappa shape index (κ2) is 13.9. The molecule has 0 radical (unpaired) electrons. The van der Waals surface area contributed by atoms with Crippen molar-refractivity contribution in [2.24, 2.45) is 16.8 Å². The van der Waals surface area contributed by atoms with Crippen molar-refractivity contribution in [3.63, 3.8) is 0 Å². The van der Waals surface area contributed by atoms with Crippen LogP contribution in [0.2, 0.25) is 0 Å². The number of fused-ring (bicyclic) bond motifs is 9. The summed E-state index contributed by atoms with van der Waals surface area (Å²) in [4.78, 5) is 5.19. The van der Waals surface area contributed by atoms with Crippen molar-refractivity contribution in [2.75, 3.05) is 0 Å². The highest BCUT2D eigenvalue weighted by atomic mass is 15.1. The van der Waals surface area contributed by atoms with E-state index in [1.165, 1.54) is 41.5 Å². The summed E-state index contributed by atoms with van der Waals surface area (Å²) in [6.07, 6.45) is 17.4. The molecule has 0 heterocycles. The first-order valence-electron chi connectivity index (χ1n) is 20.9. The van der Waals surface area contributed by atoms with Crippen LogP contribution in [0.5, 0.6) is 0 Å². The Morgan fingerprint density at radius 3 is 2.05 bits per heavy atom. The summed E-state index contributed by atoms with van der Waals surface area (Å²) in [7, 11) is 0. The molecule has 0 spiro atoms. The van der Waals surface area contributed by atoms with Gasteiger partial charge in [0.15, 0.2) is 0 Å². The first-order chi connectivity index (χ1) is 27.3. The maximum atomic E-state index is 5.19. The van der Waals surface area contributed by atoms with E-state index in [9.17, 15) is 0 Å². The van der Waals surface area contributed by atoms with Crippen LogP contribution in [-0.2, 0) is 5.41 Å². The van der Waals surface area contributed by atoms with Crippen molar-refractivity contribution in [2.45, 2.75) is 81.7 Å². The number of aliphatic imine (C=N–C) groups is 1. The fraction of sp³-hybridized carbons (Fsp3) is 0.278. The summed E-state index contributed by atoms with van der Waals surface area (Å²) < 4.78 is 0. The molecule has 2 nitrogen and oxygen atoms in total. The van der Waals surface area contributed by atoms with Gasteiger partial charge in [-0.2, -0.15) is 0 Å². The van der Waals surface area contributed by atoms with Gasteiger partial charge in [0.05, 0.1) is 0 Å². The Bertz CT molecular complexity index is 2430. The van der Waals surface area contributed by atoms with E-state index in [0.717, 1.165) is 34.5 Å². The van der Waals surface area contributed by atoms with Gasteiger partial charge in [-0.25, -0.2) is 0 Å². The molecule has 10 rings (SSSR count). The average Bonchev–Trinajstić information content (AvgIpc) is 3.45. The number of nitrogens with zero attached hydrogens (tertiary/aromatic N) is 1. The van der Waals surface area contributed by atoms with Gasteiger partial charge in [-0.15, -0.1) is 0 Å². The van der Waals surface area contributed by atoms with E-state index in [2.05, 4.69) is 160 Å². The molecule has 0 bridgehead atoms. The van der Waals surface area contributed by atoms with Crippen LogP contribution in [0, 0.1) is 11.8 Å². The number of hydrogen-bond donors (Lipinski definition) is 1. The molecular weight excluding hydrogens is 677 g/mol. The third-order valence-electron chi connectivity index (χ3n) is 14.1. The summed E-state index contributed by atoms with van der Waals surface area (Å²) in [6.45, 7) is 11.5. The van der Waals surface area contributed by atoms with Crippen molar-refractivity contribution in [1.82, 2.24) is 5.32 Å². The molecule has 5 aromatic rings. The minimum atomic E-state index is -0.251. The van der Waals surface area contributed by atoms with Crippen LogP contribution < -0.4 is 5.32 Å². The summed E-state index contributed by atoms with van der Waals surface area (Å²) in [5.74, 6) is 3.23. The van der Waals surface area contributed by atoms with Crippen molar-refractivity contribution in [3.05, 3.63) is 208 Å². The summed E-state index contributed by atoms with van der Waals surface area (Å²) >= 11 is 0. The molecule has 1 fully saturated rings. The minimum absolute atomic E-state index is 0.0863. The molecular formula is C54H52N2. The highest BCUT2D eigenvalue weighted by Gasteiger charge is 2.48. The predicted molar refractivity (Wildman–Crippen MR) is 234 cm³/mol. The van der Waals surface area contributed by atoms with Crippen molar-refractivity contribution < 1.29 is 0 Å². The average molecular weight is 729 g/mol. The number of nitrogens with one attached hydrogen (secondary N) is 1. The second-order valence-corrected chi connectivity index (χ2v) is 17.5. The predicted octanol–water partition coefficient (Wildman–Crippen LogP) is 13.3. The zero-order valence-electron chi connectivity index (χ0n) is 33.0. The summed E-state index contributed by atoms with van der Waals surface area (Å²) in [5, 5.41) is 3.63.